The van der Waals surface area contributed by atoms with Crippen LogP contribution in [0.25, 0.3) is 0 Å². The molecule has 100 valence electrons. The molecule has 18 heavy (non-hydrogen) atoms. The van der Waals surface area contributed by atoms with Crippen LogP contribution in [0.5, 0.6) is 0 Å². The van der Waals surface area contributed by atoms with Crippen molar-refractivity contribution in [2.75, 3.05) is 6.54 Å². The maximum Gasteiger partial charge on any atom is 0.256 e. The van der Waals surface area contributed by atoms with E-state index in [-0.39, 0.29) is 11.4 Å². The van der Waals surface area contributed by atoms with E-state index in [4.69, 9.17) is 10.2 Å². The van der Waals surface area contributed by atoms with Crippen molar-refractivity contribution in [1.29, 1.82) is 0 Å². The van der Waals surface area contributed by atoms with E-state index in [0.29, 0.717) is 22.7 Å². The molecule has 1 aromatic heterocycles. The summed E-state index contributed by atoms with van der Waals surface area (Å²) in [7, 11) is 0. The predicted molar refractivity (Wildman–Crippen MR) is 73.3 cm³/mol. The lowest BCUT2D eigenvalue weighted by Gasteiger charge is -2.42. The van der Waals surface area contributed by atoms with E-state index in [1.165, 1.54) is 12.7 Å². The summed E-state index contributed by atoms with van der Waals surface area (Å²) in [6, 6.07) is 1.66. The van der Waals surface area contributed by atoms with Gasteiger partial charge in [-0.15, -0.1) is 0 Å². The second-order valence-corrected chi connectivity index (χ2v) is 5.79. The molecule has 1 fully saturated rings. The number of rotatable bonds is 3. The van der Waals surface area contributed by atoms with Crippen LogP contribution in [0.3, 0.4) is 0 Å². The van der Waals surface area contributed by atoms with Crippen molar-refractivity contribution >= 4 is 21.8 Å². The second-order valence-electron chi connectivity index (χ2n) is 5.07. The van der Waals surface area contributed by atoms with Gasteiger partial charge in [0.05, 0.1) is 17.4 Å². The third-order valence-electron chi connectivity index (χ3n) is 4.04. The summed E-state index contributed by atoms with van der Waals surface area (Å²) in [4.78, 5) is 12.2. The fourth-order valence-corrected chi connectivity index (χ4v) is 3.12. The first-order chi connectivity index (χ1) is 8.59. The zero-order valence-corrected chi connectivity index (χ0v) is 12.1. The molecule has 1 aliphatic carbocycles. The van der Waals surface area contributed by atoms with E-state index < -0.39 is 0 Å². The topological polar surface area (TPSA) is 68.3 Å². The van der Waals surface area contributed by atoms with Crippen LogP contribution in [-0.2, 0) is 0 Å². The SMILES string of the molecule is CC1CCCCC1(CN)NC(=O)c1ccoc1Br. The van der Waals surface area contributed by atoms with Gasteiger partial charge in [0.15, 0.2) is 4.67 Å². The molecule has 0 aliphatic heterocycles. The molecule has 1 heterocycles. The van der Waals surface area contributed by atoms with Gasteiger partial charge >= 0.3 is 0 Å². The fourth-order valence-electron chi connectivity index (χ4n) is 2.70. The highest BCUT2D eigenvalue weighted by molar-refractivity contribution is 9.10. The highest BCUT2D eigenvalue weighted by Crippen LogP contribution is 2.33. The van der Waals surface area contributed by atoms with Gasteiger partial charge in [0, 0.05) is 6.54 Å². The third-order valence-corrected chi connectivity index (χ3v) is 4.66. The molecule has 1 aromatic rings. The van der Waals surface area contributed by atoms with Crippen molar-refractivity contribution in [3.8, 4) is 0 Å². The van der Waals surface area contributed by atoms with Crippen LogP contribution in [0, 0.1) is 5.92 Å². The molecule has 5 heteroatoms. The van der Waals surface area contributed by atoms with Crippen LogP contribution >= 0.6 is 15.9 Å². The average molecular weight is 315 g/mol. The number of nitrogens with two attached hydrogens (primary N) is 1. The maximum atomic E-state index is 12.2. The lowest BCUT2D eigenvalue weighted by Crippen LogP contribution is -2.59. The molecule has 2 unspecified atom stereocenters. The minimum atomic E-state index is -0.272. The lowest BCUT2D eigenvalue weighted by molar-refractivity contribution is 0.0811. The summed E-state index contributed by atoms with van der Waals surface area (Å²) in [5.41, 5.74) is 6.18. The van der Waals surface area contributed by atoms with Crippen molar-refractivity contribution in [1.82, 2.24) is 5.32 Å². The van der Waals surface area contributed by atoms with Gasteiger partial charge < -0.3 is 15.5 Å². The number of nitrogens with one attached hydrogen (secondary N) is 1. The zero-order valence-electron chi connectivity index (χ0n) is 10.5. The number of hydrogen-bond donors (Lipinski definition) is 2. The van der Waals surface area contributed by atoms with Crippen molar-refractivity contribution < 1.29 is 9.21 Å². The Kier molecular flexibility index (Phi) is 4.12. The number of carbonyl (C=O) groups excluding carboxylic acids is 1. The van der Waals surface area contributed by atoms with Gasteiger partial charge in [-0.2, -0.15) is 0 Å². The van der Waals surface area contributed by atoms with Crippen molar-refractivity contribution in [2.24, 2.45) is 11.7 Å². The number of furan rings is 1. The van der Waals surface area contributed by atoms with Crippen LogP contribution in [0.1, 0.15) is 43.0 Å². The second kappa shape index (κ2) is 5.45. The largest absolute Gasteiger partial charge is 0.457 e. The quantitative estimate of drug-likeness (QED) is 0.901. The number of hydrogen-bond acceptors (Lipinski definition) is 3. The number of carbonyl (C=O) groups is 1. The van der Waals surface area contributed by atoms with Crippen molar-refractivity contribution in [3.63, 3.8) is 0 Å². The summed E-state index contributed by atoms with van der Waals surface area (Å²) in [6.07, 6.45) is 5.90. The molecule has 1 amide bonds. The minimum absolute atomic E-state index is 0.116. The van der Waals surface area contributed by atoms with E-state index in [1.807, 2.05) is 0 Å². The molecule has 0 bridgehead atoms. The summed E-state index contributed by atoms with van der Waals surface area (Å²) in [5, 5.41) is 3.12. The third kappa shape index (κ3) is 2.47. The van der Waals surface area contributed by atoms with Gasteiger partial charge in [-0.1, -0.05) is 19.8 Å². The summed E-state index contributed by atoms with van der Waals surface area (Å²) >= 11 is 3.23. The maximum absolute atomic E-state index is 12.2. The minimum Gasteiger partial charge on any atom is -0.457 e. The Balaban J connectivity index is 2.15. The highest BCUT2D eigenvalue weighted by Gasteiger charge is 2.38. The highest BCUT2D eigenvalue weighted by atomic mass is 79.9. The summed E-state index contributed by atoms with van der Waals surface area (Å²) in [5.74, 6) is 0.292. The standard InChI is InChI=1S/C13H19BrN2O2/c1-9-4-2-3-6-13(9,8-15)16-12(17)10-5-7-18-11(10)14/h5,7,9H,2-4,6,8,15H2,1H3,(H,16,17). The Morgan fingerprint density at radius 3 is 3.00 bits per heavy atom. The predicted octanol–water partition coefficient (Wildman–Crippen LogP) is 2.68. The molecule has 1 saturated carbocycles. The number of halogens is 1. The van der Waals surface area contributed by atoms with E-state index >= 15 is 0 Å². The van der Waals surface area contributed by atoms with Crippen molar-refractivity contribution in [2.45, 2.75) is 38.1 Å². The first-order valence-corrected chi connectivity index (χ1v) is 7.14. The first-order valence-electron chi connectivity index (χ1n) is 6.34. The van der Waals surface area contributed by atoms with E-state index in [0.717, 1.165) is 19.3 Å². The van der Waals surface area contributed by atoms with E-state index in [2.05, 4.69) is 28.2 Å². The molecule has 3 N–H and O–H groups in total. The van der Waals surface area contributed by atoms with E-state index in [9.17, 15) is 4.79 Å². The summed E-state index contributed by atoms with van der Waals surface area (Å²) < 4.78 is 5.56. The Morgan fingerprint density at radius 1 is 1.67 bits per heavy atom. The van der Waals surface area contributed by atoms with Gasteiger partial charge in [-0.05, 0) is 40.8 Å². The van der Waals surface area contributed by atoms with Crippen LogP contribution in [-0.4, -0.2) is 18.0 Å². The Hall–Kier alpha value is -0.810. The molecular weight excluding hydrogens is 296 g/mol. The van der Waals surface area contributed by atoms with Crippen LogP contribution < -0.4 is 11.1 Å². The molecule has 0 aromatic carbocycles. The molecule has 2 rings (SSSR count). The van der Waals surface area contributed by atoms with Crippen LogP contribution in [0.2, 0.25) is 0 Å². The molecule has 1 aliphatic rings. The molecular formula is C13H19BrN2O2. The Morgan fingerprint density at radius 2 is 2.44 bits per heavy atom. The first kappa shape index (κ1) is 13.6. The van der Waals surface area contributed by atoms with Gasteiger partial charge in [-0.25, -0.2) is 0 Å². The zero-order chi connectivity index (χ0) is 13.2. The molecule has 0 saturated heterocycles. The van der Waals surface area contributed by atoms with Crippen LogP contribution in [0.15, 0.2) is 21.4 Å². The molecule has 0 spiro atoms. The average Bonchev–Trinajstić information content (AvgIpc) is 2.78. The molecule has 0 radical (unpaired) electrons. The molecule has 4 nitrogen and oxygen atoms in total. The van der Waals surface area contributed by atoms with Gasteiger partial charge in [0.2, 0.25) is 0 Å². The van der Waals surface area contributed by atoms with Gasteiger partial charge in [0.1, 0.15) is 0 Å². The Bertz CT molecular complexity index is 432. The Labute approximate surface area is 115 Å². The monoisotopic (exact) mass is 314 g/mol. The van der Waals surface area contributed by atoms with Crippen LogP contribution in [0.4, 0.5) is 0 Å². The normalized spacial score (nSPS) is 28.1. The lowest BCUT2D eigenvalue weighted by atomic mass is 9.73. The smallest absolute Gasteiger partial charge is 0.256 e. The number of amides is 1. The summed E-state index contributed by atoms with van der Waals surface area (Å²) in [6.45, 7) is 2.64. The van der Waals surface area contributed by atoms with E-state index in [1.54, 1.807) is 6.07 Å². The fraction of sp³-hybridized carbons (Fsp3) is 0.615. The molecule has 2 atom stereocenters. The van der Waals surface area contributed by atoms with Gasteiger partial charge in [-0.3, -0.25) is 4.79 Å². The van der Waals surface area contributed by atoms with Gasteiger partial charge in [0.25, 0.3) is 5.91 Å². The van der Waals surface area contributed by atoms with Crippen molar-refractivity contribution in [3.05, 3.63) is 22.6 Å².